The number of phenols is 2. The molecule has 0 saturated heterocycles. The molecule has 0 amide bonds. The Balaban J connectivity index is 0.000000364. The molecule has 0 aliphatic carbocycles. The molecule has 0 aliphatic rings. The van der Waals surface area contributed by atoms with Gasteiger partial charge in [0.2, 0.25) is 0 Å². The maximum atomic E-state index is 8.94. The van der Waals surface area contributed by atoms with Gasteiger partial charge in [-0.3, -0.25) is 0 Å². The zero-order chi connectivity index (χ0) is 15.1. The third-order valence-corrected chi connectivity index (χ3v) is 3.12. The van der Waals surface area contributed by atoms with Gasteiger partial charge in [0.1, 0.15) is 11.5 Å². The average molecular weight is 364 g/mol. The minimum atomic E-state index is 0. The van der Waals surface area contributed by atoms with Crippen molar-refractivity contribution in [1.29, 1.82) is 0 Å². The van der Waals surface area contributed by atoms with Crippen molar-refractivity contribution < 1.29 is 36.4 Å². The van der Waals surface area contributed by atoms with Crippen LogP contribution < -0.4 is 0 Å². The molecule has 0 fully saturated rings. The summed E-state index contributed by atoms with van der Waals surface area (Å²) in [6.07, 6.45) is 0. The van der Waals surface area contributed by atoms with Gasteiger partial charge in [-0.05, 0) is 47.2 Å². The molecule has 2 aromatic rings. The van der Waals surface area contributed by atoms with E-state index in [2.05, 4.69) is 27.7 Å². The molecule has 2 N–H and O–H groups in total. The van der Waals surface area contributed by atoms with E-state index in [0.717, 1.165) is 0 Å². The number of hydrogen-bond acceptors (Lipinski definition) is 2. The number of phenolic OH excluding ortho intramolecular Hbond substituents is 2. The van der Waals surface area contributed by atoms with E-state index in [1.807, 2.05) is 24.3 Å². The standard InChI is InChI=1S/2C9H12O.Zr/c2*1-7(2)8-3-5-9(10)6-4-8;/h2*3-7,10H,1-2H3;. The van der Waals surface area contributed by atoms with E-state index in [1.165, 1.54) is 11.1 Å². The fourth-order valence-corrected chi connectivity index (χ4v) is 1.72. The van der Waals surface area contributed by atoms with Gasteiger partial charge >= 0.3 is 0 Å². The Morgan fingerprint density at radius 3 is 1.00 bits per heavy atom. The summed E-state index contributed by atoms with van der Waals surface area (Å²) >= 11 is 0. The van der Waals surface area contributed by atoms with E-state index < -0.39 is 0 Å². The van der Waals surface area contributed by atoms with Crippen LogP contribution in [0.1, 0.15) is 50.7 Å². The van der Waals surface area contributed by atoms with Gasteiger partial charge in [0.05, 0.1) is 0 Å². The molecule has 2 nitrogen and oxygen atoms in total. The van der Waals surface area contributed by atoms with Gasteiger partial charge in [-0.1, -0.05) is 52.0 Å². The van der Waals surface area contributed by atoms with Crippen LogP contribution in [0.2, 0.25) is 0 Å². The fourth-order valence-electron chi connectivity index (χ4n) is 1.72. The van der Waals surface area contributed by atoms with E-state index in [-0.39, 0.29) is 26.2 Å². The molecule has 0 atom stereocenters. The van der Waals surface area contributed by atoms with Gasteiger partial charge in [-0.25, -0.2) is 0 Å². The van der Waals surface area contributed by atoms with Crippen molar-refractivity contribution in [3.05, 3.63) is 59.7 Å². The van der Waals surface area contributed by atoms with Gasteiger partial charge in [-0.2, -0.15) is 0 Å². The van der Waals surface area contributed by atoms with Crippen LogP contribution in [0.15, 0.2) is 48.5 Å². The molecule has 3 heteroatoms. The van der Waals surface area contributed by atoms with Crippen molar-refractivity contribution in [2.75, 3.05) is 0 Å². The van der Waals surface area contributed by atoms with E-state index >= 15 is 0 Å². The molecule has 0 aliphatic heterocycles. The first kappa shape index (κ1) is 19.9. The van der Waals surface area contributed by atoms with E-state index in [0.29, 0.717) is 23.3 Å². The normalized spacial score (nSPS) is 9.81. The van der Waals surface area contributed by atoms with E-state index in [9.17, 15) is 0 Å². The molecule has 0 bridgehead atoms. The molecule has 0 aromatic heterocycles. The largest absolute Gasteiger partial charge is 0.508 e. The van der Waals surface area contributed by atoms with Crippen LogP contribution in [0.25, 0.3) is 0 Å². The number of benzene rings is 2. The Hall–Kier alpha value is -1.08. The molecule has 0 saturated carbocycles. The minimum absolute atomic E-state index is 0. The first-order chi connectivity index (χ1) is 9.40. The monoisotopic (exact) mass is 362 g/mol. The minimum Gasteiger partial charge on any atom is -0.508 e. The molecular weight excluding hydrogens is 339 g/mol. The zero-order valence-corrected chi connectivity index (χ0v) is 15.6. The number of hydrogen-bond donors (Lipinski definition) is 2. The molecule has 0 unspecified atom stereocenters. The Bertz CT molecular complexity index is 452. The first-order valence-electron chi connectivity index (χ1n) is 6.98. The van der Waals surface area contributed by atoms with Crippen molar-refractivity contribution in [3.8, 4) is 11.5 Å². The molecule has 0 radical (unpaired) electrons. The van der Waals surface area contributed by atoms with Crippen molar-refractivity contribution in [3.63, 3.8) is 0 Å². The molecule has 2 rings (SSSR count). The topological polar surface area (TPSA) is 40.5 Å². The quantitative estimate of drug-likeness (QED) is 0.786. The molecule has 0 heterocycles. The van der Waals surface area contributed by atoms with Crippen LogP contribution in [0, 0.1) is 0 Å². The summed E-state index contributed by atoms with van der Waals surface area (Å²) in [6, 6.07) is 14.6. The summed E-state index contributed by atoms with van der Waals surface area (Å²) in [7, 11) is 0. The van der Waals surface area contributed by atoms with Crippen LogP contribution in [-0.4, -0.2) is 10.2 Å². The second kappa shape index (κ2) is 9.79. The molecule has 112 valence electrons. The first-order valence-corrected chi connectivity index (χ1v) is 6.98. The third kappa shape index (κ3) is 7.48. The Morgan fingerprint density at radius 2 is 0.810 bits per heavy atom. The number of aromatic hydroxyl groups is 2. The zero-order valence-electron chi connectivity index (χ0n) is 13.2. The van der Waals surface area contributed by atoms with Gasteiger partial charge in [-0.15, -0.1) is 0 Å². The third-order valence-electron chi connectivity index (χ3n) is 3.12. The summed E-state index contributed by atoms with van der Waals surface area (Å²) in [5.74, 6) is 1.76. The fraction of sp³-hybridized carbons (Fsp3) is 0.333. The van der Waals surface area contributed by atoms with Crippen LogP contribution in [0.3, 0.4) is 0 Å². The predicted octanol–water partition coefficient (Wildman–Crippen LogP) is 5.03. The second-order valence-corrected chi connectivity index (χ2v) is 5.49. The second-order valence-electron chi connectivity index (χ2n) is 5.49. The Labute approximate surface area is 147 Å². The summed E-state index contributed by atoms with van der Waals surface area (Å²) < 4.78 is 0. The maximum absolute atomic E-state index is 8.94. The molecule has 0 spiro atoms. The van der Waals surface area contributed by atoms with Crippen molar-refractivity contribution in [1.82, 2.24) is 0 Å². The summed E-state index contributed by atoms with van der Waals surface area (Å²) in [6.45, 7) is 8.53. The van der Waals surface area contributed by atoms with Crippen molar-refractivity contribution >= 4 is 0 Å². The van der Waals surface area contributed by atoms with Crippen LogP contribution in [0.4, 0.5) is 0 Å². The molecule has 2 aromatic carbocycles. The molecule has 21 heavy (non-hydrogen) atoms. The van der Waals surface area contributed by atoms with Gasteiger partial charge in [0.15, 0.2) is 0 Å². The van der Waals surface area contributed by atoms with Crippen molar-refractivity contribution in [2.24, 2.45) is 0 Å². The van der Waals surface area contributed by atoms with E-state index in [1.54, 1.807) is 24.3 Å². The molecular formula is C18H24O2Zr. The van der Waals surface area contributed by atoms with Crippen LogP contribution in [0.5, 0.6) is 11.5 Å². The smallest absolute Gasteiger partial charge is 0.115 e. The summed E-state index contributed by atoms with van der Waals surface area (Å²) in [4.78, 5) is 0. The Kier molecular flexibility index (Phi) is 9.28. The average Bonchev–Trinajstić information content (AvgIpc) is 2.40. The number of rotatable bonds is 2. The Morgan fingerprint density at radius 1 is 0.571 bits per heavy atom. The maximum Gasteiger partial charge on any atom is 0.115 e. The van der Waals surface area contributed by atoms with Crippen LogP contribution >= 0.6 is 0 Å². The van der Waals surface area contributed by atoms with Crippen molar-refractivity contribution in [2.45, 2.75) is 39.5 Å². The van der Waals surface area contributed by atoms with E-state index in [4.69, 9.17) is 10.2 Å². The van der Waals surface area contributed by atoms with Gasteiger partial charge in [0.25, 0.3) is 0 Å². The van der Waals surface area contributed by atoms with Gasteiger partial charge < -0.3 is 10.2 Å². The SMILES string of the molecule is CC(C)c1ccc(O)cc1.CC(C)c1ccc(O)cc1.[Zr]. The predicted molar refractivity (Wildman–Crippen MR) is 84.4 cm³/mol. The summed E-state index contributed by atoms with van der Waals surface area (Å²) in [5, 5.41) is 17.9. The van der Waals surface area contributed by atoms with Crippen LogP contribution in [-0.2, 0) is 26.2 Å². The van der Waals surface area contributed by atoms with Gasteiger partial charge in [0, 0.05) is 26.2 Å². The summed E-state index contributed by atoms with van der Waals surface area (Å²) in [5.41, 5.74) is 2.52.